The normalized spacial score (nSPS) is 18.4. The predicted molar refractivity (Wildman–Crippen MR) is 79.2 cm³/mol. The van der Waals surface area contributed by atoms with Crippen LogP contribution in [0.25, 0.3) is 0 Å². The highest BCUT2D eigenvalue weighted by atomic mass is 32.2. The van der Waals surface area contributed by atoms with E-state index in [1.54, 1.807) is 19.1 Å². The minimum Gasteiger partial charge on any atom is -0.383 e. The van der Waals surface area contributed by atoms with Gasteiger partial charge in [0, 0.05) is 6.54 Å². The summed E-state index contributed by atoms with van der Waals surface area (Å²) in [5.41, 5.74) is 1.06. The van der Waals surface area contributed by atoms with Gasteiger partial charge in [-0.1, -0.05) is 38.8 Å². The zero-order valence-corrected chi connectivity index (χ0v) is 12.6. The Morgan fingerprint density at radius 2 is 1.84 bits per heavy atom. The van der Waals surface area contributed by atoms with Crippen LogP contribution in [-0.4, -0.2) is 20.7 Å². The Kier molecular flexibility index (Phi) is 4.19. The van der Waals surface area contributed by atoms with Gasteiger partial charge >= 0.3 is 0 Å². The molecule has 1 aromatic rings. The molecule has 0 spiro atoms. The zero-order chi connectivity index (χ0) is 13.9. The van der Waals surface area contributed by atoms with Crippen LogP contribution in [-0.2, 0) is 9.84 Å². The fraction of sp³-hybridized carbons (Fsp3) is 0.600. The Hall–Kier alpha value is -1.03. The summed E-state index contributed by atoms with van der Waals surface area (Å²) in [4.78, 5) is 0.430. The third-order valence-electron chi connectivity index (χ3n) is 4.12. The predicted octanol–water partition coefficient (Wildman–Crippen LogP) is 3.47. The quantitative estimate of drug-likeness (QED) is 0.899. The maximum absolute atomic E-state index is 12.1. The second-order valence-corrected chi connectivity index (χ2v) is 8.02. The molecular weight excluding hydrogens is 258 g/mol. The number of nitrogens with one attached hydrogen (secondary N) is 1. The first-order chi connectivity index (χ1) is 8.97. The Labute approximate surface area is 116 Å². The van der Waals surface area contributed by atoms with E-state index in [-0.39, 0.29) is 5.75 Å². The largest absolute Gasteiger partial charge is 0.383 e. The maximum atomic E-state index is 12.1. The summed E-state index contributed by atoms with van der Waals surface area (Å²) in [5, 5.41) is 3.36. The summed E-state index contributed by atoms with van der Waals surface area (Å²) in [5.74, 6) is 0.142. The van der Waals surface area contributed by atoms with E-state index < -0.39 is 9.84 Å². The summed E-state index contributed by atoms with van der Waals surface area (Å²) >= 11 is 0. The first kappa shape index (κ1) is 14.4. The van der Waals surface area contributed by atoms with E-state index in [0.29, 0.717) is 10.3 Å². The molecule has 1 fully saturated rings. The van der Waals surface area contributed by atoms with Crippen LogP contribution < -0.4 is 5.32 Å². The van der Waals surface area contributed by atoms with Crippen molar-refractivity contribution in [1.29, 1.82) is 0 Å². The van der Waals surface area contributed by atoms with Gasteiger partial charge in [-0.05, 0) is 30.4 Å². The highest BCUT2D eigenvalue weighted by molar-refractivity contribution is 7.91. The topological polar surface area (TPSA) is 46.2 Å². The van der Waals surface area contributed by atoms with E-state index in [4.69, 9.17) is 0 Å². The summed E-state index contributed by atoms with van der Waals surface area (Å²) in [6.07, 6.45) is 5.02. The van der Waals surface area contributed by atoms with Crippen LogP contribution in [0.3, 0.4) is 0 Å². The van der Waals surface area contributed by atoms with Crippen molar-refractivity contribution in [3.05, 3.63) is 24.3 Å². The smallest absolute Gasteiger partial charge is 0.180 e. The molecule has 1 aliphatic carbocycles. The number of anilines is 1. The van der Waals surface area contributed by atoms with E-state index in [2.05, 4.69) is 12.2 Å². The van der Waals surface area contributed by atoms with E-state index in [0.717, 1.165) is 12.2 Å². The standard InChI is InChI=1S/C15H23NO2S/c1-3-19(17,18)14-9-5-4-8-13(14)16-12-15(2)10-6-7-11-15/h4-5,8-9,16H,3,6-7,10-12H2,1-2H3. The van der Waals surface area contributed by atoms with Crippen molar-refractivity contribution >= 4 is 15.5 Å². The summed E-state index contributed by atoms with van der Waals surface area (Å²) in [6.45, 7) is 4.82. The number of hydrogen-bond donors (Lipinski definition) is 1. The van der Waals surface area contributed by atoms with Crippen molar-refractivity contribution in [3.8, 4) is 0 Å². The minimum absolute atomic E-state index is 0.142. The second-order valence-electron chi connectivity index (χ2n) is 5.77. The van der Waals surface area contributed by atoms with Gasteiger partial charge < -0.3 is 5.32 Å². The molecule has 0 atom stereocenters. The third kappa shape index (κ3) is 3.30. The Bertz CT molecular complexity index is 531. The van der Waals surface area contributed by atoms with Gasteiger partial charge in [0.15, 0.2) is 9.84 Å². The van der Waals surface area contributed by atoms with Crippen LogP contribution in [0.1, 0.15) is 39.5 Å². The molecule has 1 saturated carbocycles. The number of hydrogen-bond acceptors (Lipinski definition) is 3. The number of benzene rings is 1. The van der Waals surface area contributed by atoms with Gasteiger partial charge in [-0.3, -0.25) is 0 Å². The molecule has 0 radical (unpaired) electrons. The van der Waals surface area contributed by atoms with E-state index >= 15 is 0 Å². The molecule has 0 unspecified atom stereocenters. The van der Waals surface area contributed by atoms with Gasteiger partial charge in [0.2, 0.25) is 0 Å². The molecule has 0 heterocycles. The summed E-state index contributed by atoms with van der Waals surface area (Å²) in [7, 11) is -3.16. The van der Waals surface area contributed by atoms with Crippen molar-refractivity contribution < 1.29 is 8.42 Å². The van der Waals surface area contributed by atoms with Crippen LogP contribution in [0.5, 0.6) is 0 Å². The van der Waals surface area contributed by atoms with Crippen LogP contribution in [0, 0.1) is 5.41 Å². The highest BCUT2D eigenvalue weighted by Gasteiger charge is 2.28. The molecule has 0 aromatic heterocycles. The number of sulfone groups is 1. The highest BCUT2D eigenvalue weighted by Crippen LogP contribution is 2.37. The molecule has 1 aliphatic rings. The molecule has 0 amide bonds. The molecule has 2 rings (SSSR count). The van der Waals surface area contributed by atoms with E-state index in [9.17, 15) is 8.42 Å². The lowest BCUT2D eigenvalue weighted by Crippen LogP contribution is -2.23. The van der Waals surface area contributed by atoms with E-state index in [1.807, 2.05) is 12.1 Å². The molecule has 1 N–H and O–H groups in total. The fourth-order valence-electron chi connectivity index (χ4n) is 2.75. The third-order valence-corrected chi connectivity index (χ3v) is 5.90. The fourth-order valence-corrected chi connectivity index (χ4v) is 3.83. The summed E-state index contributed by atoms with van der Waals surface area (Å²) < 4.78 is 24.1. The lowest BCUT2D eigenvalue weighted by atomic mass is 9.89. The molecule has 1 aromatic carbocycles. The van der Waals surface area contributed by atoms with Crippen LogP contribution in [0.4, 0.5) is 5.69 Å². The van der Waals surface area contributed by atoms with Gasteiger partial charge in [0.25, 0.3) is 0 Å². The molecular formula is C15H23NO2S. The Morgan fingerprint density at radius 1 is 1.21 bits per heavy atom. The van der Waals surface area contributed by atoms with Crippen LogP contribution in [0.2, 0.25) is 0 Å². The zero-order valence-electron chi connectivity index (χ0n) is 11.8. The van der Waals surface area contributed by atoms with Gasteiger partial charge in [-0.15, -0.1) is 0 Å². The van der Waals surface area contributed by atoms with Crippen LogP contribution >= 0.6 is 0 Å². The van der Waals surface area contributed by atoms with Crippen molar-refractivity contribution in [2.75, 3.05) is 17.6 Å². The molecule has 106 valence electrons. The molecule has 3 nitrogen and oxygen atoms in total. The number of rotatable bonds is 5. The van der Waals surface area contributed by atoms with Crippen molar-refractivity contribution in [3.63, 3.8) is 0 Å². The average molecular weight is 281 g/mol. The monoisotopic (exact) mass is 281 g/mol. The minimum atomic E-state index is -3.16. The van der Waals surface area contributed by atoms with E-state index in [1.165, 1.54) is 25.7 Å². The van der Waals surface area contributed by atoms with Crippen molar-refractivity contribution in [1.82, 2.24) is 0 Å². The van der Waals surface area contributed by atoms with Gasteiger partial charge in [0.1, 0.15) is 0 Å². The molecule has 0 bridgehead atoms. The SMILES string of the molecule is CCS(=O)(=O)c1ccccc1NCC1(C)CCCC1. The lowest BCUT2D eigenvalue weighted by molar-refractivity contribution is 0.362. The first-order valence-electron chi connectivity index (χ1n) is 7.02. The van der Waals surface area contributed by atoms with Gasteiger partial charge in [-0.2, -0.15) is 0 Å². The molecule has 0 saturated heterocycles. The van der Waals surface area contributed by atoms with Crippen molar-refractivity contribution in [2.24, 2.45) is 5.41 Å². The molecule has 19 heavy (non-hydrogen) atoms. The lowest BCUT2D eigenvalue weighted by Gasteiger charge is -2.25. The molecule has 0 aliphatic heterocycles. The first-order valence-corrected chi connectivity index (χ1v) is 8.68. The van der Waals surface area contributed by atoms with Crippen LogP contribution in [0.15, 0.2) is 29.2 Å². The number of para-hydroxylation sites is 1. The second kappa shape index (κ2) is 5.53. The van der Waals surface area contributed by atoms with Crippen molar-refractivity contribution in [2.45, 2.75) is 44.4 Å². The summed E-state index contributed by atoms with van der Waals surface area (Å²) in [6, 6.07) is 7.22. The van der Waals surface area contributed by atoms with Gasteiger partial charge in [-0.25, -0.2) is 8.42 Å². The molecule has 4 heteroatoms. The Balaban J connectivity index is 2.17. The van der Waals surface area contributed by atoms with Gasteiger partial charge in [0.05, 0.1) is 16.3 Å². The maximum Gasteiger partial charge on any atom is 0.180 e. The average Bonchev–Trinajstić information content (AvgIpc) is 2.84. The Morgan fingerprint density at radius 3 is 2.47 bits per heavy atom.